The standard InChI is InChI=1S/C22H28BrNO7S/c1-5-6-11-29-20-19(25)12-17(31-21(20)22(26)24-14(2)3)13-30-15(4)32(27,28)18-9-7-16(23)8-10-18/h7-10,12,14-15H,5-6,11,13H2,1-4H3,(H,24,26). The van der Waals surface area contributed by atoms with E-state index >= 15 is 0 Å². The molecule has 1 atom stereocenters. The molecule has 8 nitrogen and oxygen atoms in total. The van der Waals surface area contributed by atoms with Crippen LogP contribution in [0.25, 0.3) is 0 Å². The lowest BCUT2D eigenvalue weighted by molar-refractivity contribution is 0.0806. The Labute approximate surface area is 196 Å². The zero-order valence-electron chi connectivity index (χ0n) is 18.5. The summed E-state index contributed by atoms with van der Waals surface area (Å²) in [6.07, 6.45) is 1.57. The third-order valence-corrected chi connectivity index (χ3v) is 6.83. The number of sulfone groups is 1. The zero-order valence-corrected chi connectivity index (χ0v) is 20.9. The monoisotopic (exact) mass is 529 g/mol. The number of hydrogen-bond acceptors (Lipinski definition) is 7. The summed E-state index contributed by atoms with van der Waals surface area (Å²) in [5.41, 5.74) is -1.74. The van der Waals surface area contributed by atoms with Gasteiger partial charge < -0.3 is 19.2 Å². The predicted molar refractivity (Wildman–Crippen MR) is 124 cm³/mol. The first-order valence-electron chi connectivity index (χ1n) is 10.3. The Kier molecular flexibility index (Phi) is 9.47. The summed E-state index contributed by atoms with van der Waals surface area (Å²) in [5.74, 6) is -1.01. The van der Waals surface area contributed by atoms with Gasteiger partial charge in [-0.1, -0.05) is 29.3 Å². The summed E-state index contributed by atoms with van der Waals surface area (Å²) in [6.45, 7) is 6.86. The van der Waals surface area contributed by atoms with Gasteiger partial charge in [0.1, 0.15) is 12.4 Å². The SMILES string of the molecule is CCCCOc1c(C(=O)NC(C)C)oc(COC(C)S(=O)(=O)c2ccc(Br)cc2)cc1=O. The van der Waals surface area contributed by atoms with Crippen molar-refractivity contribution in [3.8, 4) is 5.75 Å². The number of hydrogen-bond donors (Lipinski definition) is 1. The minimum Gasteiger partial charge on any atom is -0.486 e. The fourth-order valence-corrected chi connectivity index (χ4v) is 4.05. The van der Waals surface area contributed by atoms with Crippen LogP contribution in [-0.2, 0) is 21.2 Å². The van der Waals surface area contributed by atoms with E-state index in [9.17, 15) is 18.0 Å². The van der Waals surface area contributed by atoms with Gasteiger partial charge in [0, 0.05) is 16.6 Å². The maximum absolute atomic E-state index is 12.7. The molecule has 32 heavy (non-hydrogen) atoms. The summed E-state index contributed by atoms with van der Waals surface area (Å²) < 4.78 is 42.8. The van der Waals surface area contributed by atoms with E-state index in [1.807, 2.05) is 6.92 Å². The van der Waals surface area contributed by atoms with Gasteiger partial charge in [0.25, 0.3) is 5.91 Å². The summed E-state index contributed by atoms with van der Waals surface area (Å²) >= 11 is 3.26. The molecule has 0 radical (unpaired) electrons. The third kappa shape index (κ3) is 6.91. The van der Waals surface area contributed by atoms with Crippen LogP contribution in [0.1, 0.15) is 56.9 Å². The maximum Gasteiger partial charge on any atom is 0.291 e. The van der Waals surface area contributed by atoms with Gasteiger partial charge in [0.2, 0.25) is 26.8 Å². The number of carbonyl (C=O) groups is 1. The summed E-state index contributed by atoms with van der Waals surface area (Å²) in [7, 11) is -3.77. The molecule has 1 unspecified atom stereocenters. The minimum absolute atomic E-state index is 0.0182. The lowest BCUT2D eigenvalue weighted by Gasteiger charge is -2.16. The lowest BCUT2D eigenvalue weighted by Crippen LogP contribution is -2.31. The van der Waals surface area contributed by atoms with E-state index < -0.39 is 26.6 Å². The molecule has 0 spiro atoms. The highest BCUT2D eigenvalue weighted by Crippen LogP contribution is 2.22. The molecule has 1 aromatic heterocycles. The fraction of sp³-hybridized carbons (Fsp3) is 0.455. The third-order valence-electron chi connectivity index (χ3n) is 4.37. The van der Waals surface area contributed by atoms with E-state index in [4.69, 9.17) is 13.9 Å². The van der Waals surface area contributed by atoms with Crippen LogP contribution in [0.5, 0.6) is 5.75 Å². The first-order chi connectivity index (χ1) is 15.1. The van der Waals surface area contributed by atoms with Crippen LogP contribution in [0.2, 0.25) is 0 Å². The van der Waals surface area contributed by atoms with Crippen LogP contribution in [0.3, 0.4) is 0 Å². The smallest absolute Gasteiger partial charge is 0.291 e. The molecule has 2 aromatic rings. The van der Waals surface area contributed by atoms with Crippen LogP contribution in [-0.4, -0.2) is 32.4 Å². The lowest BCUT2D eigenvalue weighted by atomic mass is 10.2. The second-order valence-corrected chi connectivity index (χ2v) is 10.6. The Balaban J connectivity index is 2.25. The molecule has 2 rings (SSSR count). The number of ether oxygens (including phenoxy) is 2. The molecule has 0 aliphatic heterocycles. The molecule has 1 aromatic carbocycles. The molecule has 0 saturated carbocycles. The van der Waals surface area contributed by atoms with Gasteiger partial charge >= 0.3 is 0 Å². The number of carbonyl (C=O) groups excluding carboxylic acids is 1. The normalized spacial score (nSPS) is 12.6. The summed E-state index contributed by atoms with van der Waals surface area (Å²) in [5, 5.41) is 2.67. The number of unbranched alkanes of at least 4 members (excludes halogenated alkanes) is 1. The fourth-order valence-electron chi connectivity index (χ4n) is 2.64. The Bertz CT molecular complexity index is 1080. The Morgan fingerprint density at radius 2 is 1.84 bits per heavy atom. The van der Waals surface area contributed by atoms with Crippen molar-refractivity contribution in [1.82, 2.24) is 5.32 Å². The summed E-state index contributed by atoms with van der Waals surface area (Å²) in [4.78, 5) is 25.3. The van der Waals surface area contributed by atoms with Crippen molar-refractivity contribution in [2.75, 3.05) is 6.61 Å². The number of nitrogens with one attached hydrogen (secondary N) is 1. The Morgan fingerprint density at radius 3 is 2.44 bits per heavy atom. The first-order valence-corrected chi connectivity index (χ1v) is 12.6. The van der Waals surface area contributed by atoms with Crippen molar-refractivity contribution in [2.45, 2.75) is 63.5 Å². The van der Waals surface area contributed by atoms with E-state index in [1.54, 1.807) is 26.0 Å². The molecule has 0 aliphatic carbocycles. The maximum atomic E-state index is 12.7. The van der Waals surface area contributed by atoms with Crippen LogP contribution >= 0.6 is 15.9 Å². The molecular weight excluding hydrogens is 502 g/mol. The highest BCUT2D eigenvalue weighted by molar-refractivity contribution is 9.10. The van der Waals surface area contributed by atoms with Gasteiger partial charge in [0.15, 0.2) is 5.44 Å². The second kappa shape index (κ2) is 11.6. The largest absolute Gasteiger partial charge is 0.486 e. The molecule has 176 valence electrons. The van der Waals surface area contributed by atoms with Crippen molar-refractivity contribution in [3.63, 3.8) is 0 Å². The second-order valence-electron chi connectivity index (χ2n) is 7.44. The number of halogens is 1. The van der Waals surface area contributed by atoms with Crippen molar-refractivity contribution in [2.24, 2.45) is 0 Å². The Hall–Kier alpha value is -2.17. The zero-order chi connectivity index (χ0) is 23.9. The molecule has 0 saturated heterocycles. The average molecular weight is 530 g/mol. The van der Waals surface area contributed by atoms with Crippen molar-refractivity contribution >= 4 is 31.7 Å². The minimum atomic E-state index is -3.77. The van der Waals surface area contributed by atoms with Crippen LogP contribution < -0.4 is 15.5 Å². The molecule has 0 bridgehead atoms. The molecule has 0 aliphatic rings. The van der Waals surface area contributed by atoms with E-state index in [0.717, 1.165) is 17.0 Å². The van der Waals surface area contributed by atoms with E-state index in [-0.39, 0.29) is 41.4 Å². The van der Waals surface area contributed by atoms with E-state index in [0.29, 0.717) is 6.42 Å². The van der Waals surface area contributed by atoms with Gasteiger partial charge in [-0.25, -0.2) is 8.42 Å². The average Bonchev–Trinajstić information content (AvgIpc) is 2.72. The molecule has 1 amide bonds. The number of benzene rings is 1. The van der Waals surface area contributed by atoms with Crippen LogP contribution in [0.4, 0.5) is 0 Å². The molecule has 1 N–H and O–H groups in total. The topological polar surface area (TPSA) is 112 Å². The van der Waals surface area contributed by atoms with Gasteiger partial charge in [-0.3, -0.25) is 9.59 Å². The van der Waals surface area contributed by atoms with Crippen LogP contribution in [0, 0.1) is 0 Å². The van der Waals surface area contributed by atoms with Gasteiger partial charge in [-0.2, -0.15) is 0 Å². The highest BCUT2D eigenvalue weighted by atomic mass is 79.9. The van der Waals surface area contributed by atoms with Gasteiger partial charge in [-0.15, -0.1) is 0 Å². The highest BCUT2D eigenvalue weighted by Gasteiger charge is 2.26. The van der Waals surface area contributed by atoms with Gasteiger partial charge in [-0.05, 0) is 51.5 Å². The van der Waals surface area contributed by atoms with E-state index in [2.05, 4.69) is 21.2 Å². The molecular formula is C22H28BrNO7S. The first kappa shape index (κ1) is 26.1. The van der Waals surface area contributed by atoms with Crippen LogP contribution in [0.15, 0.2) is 48.9 Å². The van der Waals surface area contributed by atoms with Crippen molar-refractivity contribution in [3.05, 3.63) is 56.5 Å². The van der Waals surface area contributed by atoms with E-state index in [1.165, 1.54) is 19.1 Å². The van der Waals surface area contributed by atoms with Gasteiger partial charge in [0.05, 0.1) is 11.5 Å². The van der Waals surface area contributed by atoms with Crippen molar-refractivity contribution in [1.29, 1.82) is 0 Å². The summed E-state index contributed by atoms with van der Waals surface area (Å²) in [6, 6.07) is 7.14. The number of amides is 1. The quantitative estimate of drug-likeness (QED) is 0.436. The predicted octanol–water partition coefficient (Wildman–Crippen LogP) is 4.06. The Morgan fingerprint density at radius 1 is 1.19 bits per heavy atom. The number of rotatable bonds is 11. The van der Waals surface area contributed by atoms with Crippen molar-refractivity contribution < 1.29 is 27.1 Å². The molecule has 1 heterocycles. The molecule has 10 heteroatoms. The molecule has 0 fully saturated rings.